The number of thiophene rings is 1. The first-order valence-corrected chi connectivity index (χ1v) is 7.21. The molecule has 1 unspecified atom stereocenters. The van der Waals surface area contributed by atoms with Crippen LogP contribution in [-0.4, -0.2) is 11.5 Å². The SMILES string of the molecule is CCOc1ccc(NC(C)c2cccs2)c([N+](=O)[O-])c1. The van der Waals surface area contributed by atoms with E-state index in [0.29, 0.717) is 18.0 Å². The van der Waals surface area contributed by atoms with E-state index in [0.717, 1.165) is 4.88 Å². The van der Waals surface area contributed by atoms with Crippen LogP contribution in [0.5, 0.6) is 5.75 Å². The summed E-state index contributed by atoms with van der Waals surface area (Å²) in [4.78, 5) is 11.9. The molecule has 0 aliphatic rings. The van der Waals surface area contributed by atoms with Gasteiger partial charge in [-0.3, -0.25) is 10.1 Å². The lowest BCUT2D eigenvalue weighted by molar-refractivity contribution is -0.384. The molecule has 1 N–H and O–H groups in total. The maximum Gasteiger partial charge on any atom is 0.296 e. The zero-order valence-corrected chi connectivity index (χ0v) is 12.1. The highest BCUT2D eigenvalue weighted by Crippen LogP contribution is 2.32. The maximum atomic E-state index is 11.2. The van der Waals surface area contributed by atoms with Crippen LogP contribution in [0.3, 0.4) is 0 Å². The minimum absolute atomic E-state index is 0.0200. The molecular formula is C14H16N2O3S. The lowest BCUT2D eigenvalue weighted by Gasteiger charge is -2.14. The van der Waals surface area contributed by atoms with Crippen molar-refractivity contribution in [2.24, 2.45) is 0 Å². The van der Waals surface area contributed by atoms with Crippen molar-refractivity contribution in [3.05, 3.63) is 50.7 Å². The van der Waals surface area contributed by atoms with Crippen LogP contribution in [0.15, 0.2) is 35.7 Å². The number of nitrogens with one attached hydrogen (secondary N) is 1. The van der Waals surface area contributed by atoms with Gasteiger partial charge in [0.25, 0.3) is 5.69 Å². The Labute approximate surface area is 121 Å². The van der Waals surface area contributed by atoms with Crippen molar-refractivity contribution >= 4 is 22.7 Å². The zero-order chi connectivity index (χ0) is 14.5. The number of hydrogen-bond donors (Lipinski definition) is 1. The first-order chi connectivity index (χ1) is 9.61. The summed E-state index contributed by atoms with van der Waals surface area (Å²) in [6.45, 7) is 4.30. The highest BCUT2D eigenvalue weighted by Gasteiger charge is 2.17. The zero-order valence-electron chi connectivity index (χ0n) is 11.3. The van der Waals surface area contributed by atoms with Crippen LogP contribution in [0.2, 0.25) is 0 Å². The summed E-state index contributed by atoms with van der Waals surface area (Å²) < 4.78 is 5.30. The van der Waals surface area contributed by atoms with Crippen molar-refractivity contribution in [1.82, 2.24) is 0 Å². The molecule has 2 aromatic rings. The summed E-state index contributed by atoms with van der Waals surface area (Å²) in [5.41, 5.74) is 0.527. The van der Waals surface area contributed by atoms with Gasteiger partial charge in [0.1, 0.15) is 11.4 Å². The van der Waals surface area contributed by atoms with Crippen LogP contribution >= 0.6 is 11.3 Å². The fourth-order valence-electron chi connectivity index (χ4n) is 1.88. The monoisotopic (exact) mass is 292 g/mol. The highest BCUT2D eigenvalue weighted by atomic mass is 32.1. The van der Waals surface area contributed by atoms with E-state index in [9.17, 15) is 10.1 Å². The lowest BCUT2D eigenvalue weighted by Crippen LogP contribution is -2.07. The molecule has 0 saturated carbocycles. The molecule has 2 rings (SSSR count). The van der Waals surface area contributed by atoms with Crippen LogP contribution in [-0.2, 0) is 0 Å². The molecule has 1 aromatic heterocycles. The molecular weight excluding hydrogens is 276 g/mol. The molecule has 0 amide bonds. The van der Waals surface area contributed by atoms with Gasteiger partial charge in [0.2, 0.25) is 0 Å². The van der Waals surface area contributed by atoms with Gasteiger partial charge in [0.15, 0.2) is 0 Å². The van der Waals surface area contributed by atoms with Crippen LogP contribution in [0.4, 0.5) is 11.4 Å². The summed E-state index contributed by atoms with van der Waals surface area (Å²) in [7, 11) is 0. The molecule has 6 heteroatoms. The number of rotatable bonds is 6. The van der Waals surface area contributed by atoms with Crippen molar-refractivity contribution in [3.8, 4) is 5.75 Å². The number of ether oxygens (including phenoxy) is 1. The first kappa shape index (κ1) is 14.3. The lowest BCUT2D eigenvalue weighted by atomic mass is 10.2. The summed E-state index contributed by atoms with van der Waals surface area (Å²) in [6, 6.07) is 8.86. The molecule has 1 heterocycles. The smallest absolute Gasteiger partial charge is 0.296 e. The van der Waals surface area contributed by atoms with Crippen LogP contribution < -0.4 is 10.1 Å². The van der Waals surface area contributed by atoms with E-state index in [1.54, 1.807) is 23.5 Å². The molecule has 1 aromatic carbocycles. The predicted molar refractivity (Wildman–Crippen MR) is 80.6 cm³/mol. The van der Waals surface area contributed by atoms with Crippen molar-refractivity contribution in [2.75, 3.05) is 11.9 Å². The van der Waals surface area contributed by atoms with E-state index in [1.165, 1.54) is 6.07 Å². The Kier molecular flexibility index (Phi) is 4.57. The van der Waals surface area contributed by atoms with Gasteiger partial charge in [-0.05, 0) is 37.4 Å². The minimum Gasteiger partial charge on any atom is -0.494 e. The molecule has 0 aliphatic carbocycles. The second-order valence-corrected chi connectivity index (χ2v) is 5.23. The third kappa shape index (κ3) is 3.27. The quantitative estimate of drug-likeness (QED) is 0.639. The number of nitro benzene ring substituents is 1. The molecule has 0 fully saturated rings. The van der Waals surface area contributed by atoms with Gasteiger partial charge in [-0.1, -0.05) is 6.07 Å². The molecule has 0 saturated heterocycles. The molecule has 0 spiro atoms. The van der Waals surface area contributed by atoms with Crippen molar-refractivity contribution in [2.45, 2.75) is 19.9 Å². The molecule has 0 bridgehead atoms. The van der Waals surface area contributed by atoms with Gasteiger partial charge >= 0.3 is 0 Å². The van der Waals surface area contributed by atoms with Gasteiger partial charge in [-0.25, -0.2) is 0 Å². The van der Waals surface area contributed by atoms with E-state index < -0.39 is 4.92 Å². The van der Waals surface area contributed by atoms with Crippen molar-refractivity contribution < 1.29 is 9.66 Å². The molecule has 0 radical (unpaired) electrons. The first-order valence-electron chi connectivity index (χ1n) is 6.33. The number of nitro groups is 1. The Bertz CT molecular complexity index is 584. The number of anilines is 1. The molecule has 20 heavy (non-hydrogen) atoms. The summed E-state index contributed by atoms with van der Waals surface area (Å²) in [5.74, 6) is 0.508. The second kappa shape index (κ2) is 6.38. The van der Waals surface area contributed by atoms with E-state index in [2.05, 4.69) is 5.32 Å². The normalized spacial score (nSPS) is 11.9. The number of hydrogen-bond acceptors (Lipinski definition) is 5. The standard InChI is InChI=1S/C14H16N2O3S/c1-3-19-11-6-7-12(13(9-11)16(17)18)15-10(2)14-5-4-8-20-14/h4-10,15H,3H2,1-2H3. The van der Waals surface area contributed by atoms with Crippen molar-refractivity contribution in [3.63, 3.8) is 0 Å². The summed E-state index contributed by atoms with van der Waals surface area (Å²) in [6.07, 6.45) is 0. The Morgan fingerprint density at radius 1 is 1.45 bits per heavy atom. The maximum absolute atomic E-state index is 11.2. The van der Waals surface area contributed by atoms with Gasteiger partial charge < -0.3 is 10.1 Å². The van der Waals surface area contributed by atoms with Crippen LogP contribution in [0, 0.1) is 10.1 Å². The van der Waals surface area contributed by atoms with Crippen LogP contribution in [0.25, 0.3) is 0 Å². The van der Waals surface area contributed by atoms with E-state index in [4.69, 9.17) is 4.74 Å². The number of benzene rings is 1. The van der Waals surface area contributed by atoms with Gasteiger partial charge in [0, 0.05) is 4.88 Å². The Morgan fingerprint density at radius 3 is 2.85 bits per heavy atom. The van der Waals surface area contributed by atoms with Crippen molar-refractivity contribution in [1.29, 1.82) is 0 Å². The average Bonchev–Trinajstić information content (AvgIpc) is 2.94. The Balaban J connectivity index is 2.24. The second-order valence-electron chi connectivity index (χ2n) is 4.25. The Morgan fingerprint density at radius 2 is 2.25 bits per heavy atom. The Hall–Kier alpha value is -2.08. The minimum atomic E-state index is -0.397. The topological polar surface area (TPSA) is 64.4 Å². The largest absolute Gasteiger partial charge is 0.494 e. The third-order valence-corrected chi connectivity index (χ3v) is 3.87. The fraction of sp³-hybridized carbons (Fsp3) is 0.286. The molecule has 1 atom stereocenters. The van der Waals surface area contributed by atoms with Gasteiger partial charge in [0.05, 0.1) is 23.6 Å². The summed E-state index contributed by atoms with van der Waals surface area (Å²) in [5, 5.41) is 16.3. The average molecular weight is 292 g/mol. The molecule has 5 nitrogen and oxygen atoms in total. The van der Waals surface area contributed by atoms with Gasteiger partial charge in [-0.2, -0.15) is 0 Å². The predicted octanol–water partition coefficient (Wildman–Crippen LogP) is 4.23. The number of nitrogens with zero attached hydrogens (tertiary/aromatic N) is 1. The molecule has 0 aliphatic heterocycles. The summed E-state index contributed by atoms with van der Waals surface area (Å²) >= 11 is 1.62. The van der Waals surface area contributed by atoms with E-state index >= 15 is 0 Å². The molecule has 106 valence electrons. The van der Waals surface area contributed by atoms with E-state index in [-0.39, 0.29) is 11.7 Å². The third-order valence-electron chi connectivity index (χ3n) is 2.82. The van der Waals surface area contributed by atoms with E-state index in [1.807, 2.05) is 31.4 Å². The van der Waals surface area contributed by atoms with Crippen LogP contribution in [0.1, 0.15) is 24.8 Å². The fourth-order valence-corrected chi connectivity index (χ4v) is 2.62. The van der Waals surface area contributed by atoms with Gasteiger partial charge in [-0.15, -0.1) is 11.3 Å². The highest BCUT2D eigenvalue weighted by molar-refractivity contribution is 7.10.